The molecule has 1 saturated heterocycles. The van der Waals surface area contributed by atoms with Crippen molar-refractivity contribution in [3.05, 3.63) is 24.0 Å². The maximum Gasteiger partial charge on any atom is 0.129 e. The molecule has 2 rings (SSSR count). The van der Waals surface area contributed by atoms with E-state index in [1.165, 1.54) is 5.06 Å². The van der Waals surface area contributed by atoms with Gasteiger partial charge < -0.3 is 10.2 Å². The SMILES string of the molecule is ON1CC=CC=C1N1CCNCC1. The van der Waals surface area contributed by atoms with Crippen molar-refractivity contribution in [2.45, 2.75) is 0 Å². The van der Waals surface area contributed by atoms with Gasteiger partial charge in [0.15, 0.2) is 0 Å². The van der Waals surface area contributed by atoms with Crippen LogP contribution in [0.15, 0.2) is 24.0 Å². The van der Waals surface area contributed by atoms with Crippen molar-refractivity contribution in [3.8, 4) is 0 Å². The summed E-state index contributed by atoms with van der Waals surface area (Å²) >= 11 is 0. The van der Waals surface area contributed by atoms with Crippen LogP contribution in [0, 0.1) is 0 Å². The van der Waals surface area contributed by atoms with Crippen molar-refractivity contribution in [1.82, 2.24) is 15.3 Å². The van der Waals surface area contributed by atoms with Gasteiger partial charge in [0.1, 0.15) is 5.82 Å². The van der Waals surface area contributed by atoms with Gasteiger partial charge in [-0.2, -0.15) is 0 Å². The predicted molar refractivity (Wildman–Crippen MR) is 50.2 cm³/mol. The minimum atomic E-state index is 0.593. The maximum absolute atomic E-state index is 9.57. The molecule has 2 N–H and O–H groups in total. The number of hydroxylamine groups is 2. The summed E-state index contributed by atoms with van der Waals surface area (Å²) in [6.45, 7) is 4.52. The Labute approximate surface area is 78.1 Å². The first-order valence-corrected chi connectivity index (χ1v) is 4.67. The van der Waals surface area contributed by atoms with E-state index in [0.717, 1.165) is 32.0 Å². The Bertz CT molecular complexity index is 231. The van der Waals surface area contributed by atoms with E-state index in [9.17, 15) is 5.21 Å². The zero-order valence-electron chi connectivity index (χ0n) is 7.61. The van der Waals surface area contributed by atoms with Crippen LogP contribution in [0.1, 0.15) is 0 Å². The Kier molecular flexibility index (Phi) is 2.52. The molecule has 0 unspecified atom stereocenters. The molecule has 2 heterocycles. The van der Waals surface area contributed by atoms with Gasteiger partial charge >= 0.3 is 0 Å². The second kappa shape index (κ2) is 3.81. The van der Waals surface area contributed by atoms with Gasteiger partial charge in [0.2, 0.25) is 0 Å². The molecule has 0 aromatic rings. The Morgan fingerprint density at radius 3 is 2.77 bits per heavy atom. The van der Waals surface area contributed by atoms with Gasteiger partial charge in [-0.15, -0.1) is 0 Å². The molecule has 2 aliphatic rings. The first-order valence-electron chi connectivity index (χ1n) is 4.67. The van der Waals surface area contributed by atoms with Crippen molar-refractivity contribution in [2.24, 2.45) is 0 Å². The molecule has 1 fully saturated rings. The van der Waals surface area contributed by atoms with Crippen LogP contribution in [0.2, 0.25) is 0 Å². The predicted octanol–water partition coefficient (Wildman–Crippen LogP) is -0.00600. The third kappa shape index (κ3) is 1.84. The van der Waals surface area contributed by atoms with E-state index >= 15 is 0 Å². The number of hydrogen-bond donors (Lipinski definition) is 2. The van der Waals surface area contributed by atoms with Crippen LogP contribution in [0.25, 0.3) is 0 Å². The minimum absolute atomic E-state index is 0.593. The Morgan fingerprint density at radius 1 is 1.31 bits per heavy atom. The molecule has 13 heavy (non-hydrogen) atoms. The fraction of sp³-hybridized carbons (Fsp3) is 0.556. The molecule has 0 radical (unpaired) electrons. The lowest BCUT2D eigenvalue weighted by molar-refractivity contribution is -0.0740. The largest absolute Gasteiger partial charge is 0.354 e. The van der Waals surface area contributed by atoms with E-state index in [4.69, 9.17) is 0 Å². The van der Waals surface area contributed by atoms with E-state index < -0.39 is 0 Å². The van der Waals surface area contributed by atoms with E-state index in [-0.39, 0.29) is 0 Å². The Morgan fingerprint density at radius 2 is 2.08 bits per heavy atom. The molecule has 4 nitrogen and oxygen atoms in total. The van der Waals surface area contributed by atoms with Crippen molar-refractivity contribution < 1.29 is 5.21 Å². The van der Waals surface area contributed by atoms with Crippen molar-refractivity contribution in [3.63, 3.8) is 0 Å². The molecule has 4 heteroatoms. The number of nitrogens with one attached hydrogen (secondary N) is 1. The van der Waals surface area contributed by atoms with Crippen LogP contribution < -0.4 is 5.32 Å². The average molecular weight is 181 g/mol. The molecular weight excluding hydrogens is 166 g/mol. The quantitative estimate of drug-likeness (QED) is 0.597. The normalized spacial score (nSPS) is 23.3. The molecule has 0 aromatic carbocycles. The monoisotopic (exact) mass is 181 g/mol. The smallest absolute Gasteiger partial charge is 0.129 e. The zero-order chi connectivity index (χ0) is 9.10. The summed E-state index contributed by atoms with van der Waals surface area (Å²) in [4.78, 5) is 2.19. The number of piperazine rings is 1. The third-order valence-corrected chi connectivity index (χ3v) is 2.37. The van der Waals surface area contributed by atoms with Crippen molar-refractivity contribution >= 4 is 0 Å². The summed E-state index contributed by atoms with van der Waals surface area (Å²) in [6.07, 6.45) is 5.88. The molecule has 0 aromatic heterocycles. The Hall–Kier alpha value is -1.00. The highest BCUT2D eigenvalue weighted by atomic mass is 16.5. The molecule has 0 atom stereocenters. The zero-order valence-corrected chi connectivity index (χ0v) is 7.61. The number of allylic oxidation sites excluding steroid dienone is 2. The van der Waals surface area contributed by atoms with Crippen molar-refractivity contribution in [2.75, 3.05) is 32.7 Å². The van der Waals surface area contributed by atoms with Gasteiger partial charge in [-0.05, 0) is 6.08 Å². The number of rotatable bonds is 1. The summed E-state index contributed by atoms with van der Waals surface area (Å²) in [5.74, 6) is 0.920. The summed E-state index contributed by atoms with van der Waals surface area (Å²) in [7, 11) is 0. The Balaban J connectivity index is 2.04. The maximum atomic E-state index is 9.57. The summed E-state index contributed by atoms with van der Waals surface area (Å²) in [5, 5.41) is 14.2. The van der Waals surface area contributed by atoms with Crippen LogP contribution in [0.3, 0.4) is 0 Å². The van der Waals surface area contributed by atoms with Crippen LogP contribution in [-0.2, 0) is 0 Å². The van der Waals surface area contributed by atoms with Crippen LogP contribution in [0.4, 0.5) is 0 Å². The molecule has 2 aliphatic heterocycles. The van der Waals surface area contributed by atoms with E-state index in [2.05, 4.69) is 10.2 Å². The highest BCUT2D eigenvalue weighted by molar-refractivity contribution is 5.15. The topological polar surface area (TPSA) is 38.7 Å². The molecule has 0 amide bonds. The molecule has 0 spiro atoms. The van der Waals surface area contributed by atoms with Gasteiger partial charge in [-0.3, -0.25) is 5.21 Å². The molecule has 0 bridgehead atoms. The second-order valence-corrected chi connectivity index (χ2v) is 3.27. The van der Waals surface area contributed by atoms with Crippen LogP contribution in [-0.4, -0.2) is 47.9 Å². The van der Waals surface area contributed by atoms with Gasteiger partial charge in [-0.1, -0.05) is 12.2 Å². The number of hydrogen-bond acceptors (Lipinski definition) is 4. The first-order chi connectivity index (χ1) is 6.38. The molecule has 0 aliphatic carbocycles. The third-order valence-electron chi connectivity index (χ3n) is 2.37. The highest BCUT2D eigenvalue weighted by Gasteiger charge is 2.17. The summed E-state index contributed by atoms with van der Waals surface area (Å²) in [5.41, 5.74) is 0. The van der Waals surface area contributed by atoms with Gasteiger partial charge in [0.25, 0.3) is 0 Å². The first kappa shape index (κ1) is 8.59. The number of nitrogens with zero attached hydrogens (tertiary/aromatic N) is 2. The summed E-state index contributed by atoms with van der Waals surface area (Å²) < 4.78 is 0. The van der Waals surface area contributed by atoms with Gasteiger partial charge in [0, 0.05) is 26.2 Å². The van der Waals surface area contributed by atoms with Crippen molar-refractivity contribution in [1.29, 1.82) is 0 Å². The second-order valence-electron chi connectivity index (χ2n) is 3.27. The highest BCUT2D eigenvalue weighted by Crippen LogP contribution is 2.12. The fourth-order valence-corrected chi connectivity index (χ4v) is 1.66. The van der Waals surface area contributed by atoms with E-state index in [1.54, 1.807) is 0 Å². The van der Waals surface area contributed by atoms with E-state index in [1.807, 2.05) is 18.2 Å². The molecule has 0 saturated carbocycles. The lowest BCUT2D eigenvalue weighted by atomic mass is 10.3. The molecule has 72 valence electrons. The van der Waals surface area contributed by atoms with Crippen LogP contribution >= 0.6 is 0 Å². The van der Waals surface area contributed by atoms with Gasteiger partial charge in [0.05, 0.1) is 6.54 Å². The fourth-order valence-electron chi connectivity index (χ4n) is 1.66. The summed E-state index contributed by atoms with van der Waals surface area (Å²) in [6, 6.07) is 0. The lowest BCUT2D eigenvalue weighted by Crippen LogP contribution is -2.46. The van der Waals surface area contributed by atoms with E-state index in [0.29, 0.717) is 6.54 Å². The van der Waals surface area contributed by atoms with Gasteiger partial charge in [-0.25, -0.2) is 5.06 Å². The molecular formula is C9H15N3O. The average Bonchev–Trinajstić information content (AvgIpc) is 2.20. The van der Waals surface area contributed by atoms with Crippen LogP contribution in [0.5, 0.6) is 0 Å². The minimum Gasteiger partial charge on any atom is -0.354 e. The standard InChI is InChI=1S/C9H15N3O/c13-12-6-2-1-3-9(12)11-7-4-10-5-8-11/h1-3,10,13H,4-8H2. The lowest BCUT2D eigenvalue weighted by Gasteiger charge is -2.35.